The highest BCUT2D eigenvalue weighted by molar-refractivity contribution is 7.10. The summed E-state index contributed by atoms with van der Waals surface area (Å²) in [6, 6.07) is 9.37. The number of carbonyl (C=O) groups is 1. The molecule has 34 heavy (non-hydrogen) atoms. The zero-order valence-corrected chi connectivity index (χ0v) is 20.8. The Hall–Kier alpha value is -2.16. The summed E-state index contributed by atoms with van der Waals surface area (Å²) in [6.07, 6.45) is 5.89. The standard InChI is InChI=1S/C25H24Cl2N4O2S/c26-18-6-7-22(21(27)10-18)31-24-17(9-19-5-2-8-34-19)13-33-14-20(24)23(28-31)25(32)29-30-11-15-3-1-4-16(15)12-30/h2,5-10,15-16H,1,3-4,11-14H2,(H,29,32). The van der Waals surface area contributed by atoms with Crippen molar-refractivity contribution in [3.05, 3.63) is 67.6 Å². The van der Waals surface area contributed by atoms with Gasteiger partial charge in [0.2, 0.25) is 0 Å². The van der Waals surface area contributed by atoms with Crippen LogP contribution < -0.4 is 5.43 Å². The molecule has 0 radical (unpaired) electrons. The van der Waals surface area contributed by atoms with Crippen molar-refractivity contribution in [1.82, 2.24) is 20.2 Å². The number of rotatable bonds is 4. The van der Waals surface area contributed by atoms with Gasteiger partial charge in [-0.3, -0.25) is 10.2 Å². The van der Waals surface area contributed by atoms with Gasteiger partial charge in [0, 0.05) is 34.1 Å². The second-order valence-corrected chi connectivity index (χ2v) is 11.0. The minimum absolute atomic E-state index is 0.207. The molecule has 6 nitrogen and oxygen atoms in total. The maximum Gasteiger partial charge on any atom is 0.286 e. The van der Waals surface area contributed by atoms with E-state index in [2.05, 4.69) is 22.6 Å². The molecule has 1 N–H and O–H groups in total. The fourth-order valence-corrected chi connectivity index (χ4v) is 6.61. The molecule has 1 saturated carbocycles. The lowest BCUT2D eigenvalue weighted by Crippen LogP contribution is -2.41. The Kier molecular flexibility index (Phi) is 5.99. The highest BCUT2D eigenvalue weighted by Crippen LogP contribution is 2.38. The first kappa shape index (κ1) is 22.3. The maximum atomic E-state index is 13.4. The predicted octanol–water partition coefficient (Wildman–Crippen LogP) is 5.69. The van der Waals surface area contributed by atoms with Crippen molar-refractivity contribution in [1.29, 1.82) is 0 Å². The first-order chi connectivity index (χ1) is 16.6. The third-order valence-corrected chi connectivity index (χ3v) is 8.35. The molecule has 2 aliphatic heterocycles. The number of nitrogens with one attached hydrogen (secondary N) is 1. The number of carbonyl (C=O) groups excluding carboxylic acids is 1. The lowest BCUT2D eigenvalue weighted by molar-refractivity contribution is 0.0802. The Morgan fingerprint density at radius 3 is 2.74 bits per heavy atom. The van der Waals surface area contributed by atoms with Crippen molar-refractivity contribution in [3.63, 3.8) is 0 Å². The van der Waals surface area contributed by atoms with Crippen LogP contribution in [0.1, 0.15) is 45.9 Å². The highest BCUT2D eigenvalue weighted by atomic mass is 35.5. The lowest BCUT2D eigenvalue weighted by atomic mass is 10.0. The first-order valence-electron chi connectivity index (χ1n) is 11.5. The molecule has 6 rings (SSSR count). The molecule has 2 atom stereocenters. The number of halogens is 2. The summed E-state index contributed by atoms with van der Waals surface area (Å²) in [7, 11) is 0. The monoisotopic (exact) mass is 514 g/mol. The van der Waals surface area contributed by atoms with Gasteiger partial charge >= 0.3 is 0 Å². The molecule has 0 spiro atoms. The quantitative estimate of drug-likeness (QED) is 0.485. The molecule has 1 amide bonds. The summed E-state index contributed by atoms with van der Waals surface area (Å²) in [5.41, 5.74) is 6.75. The molecular formula is C25H24Cl2N4O2S. The average Bonchev–Trinajstić information content (AvgIpc) is 3.58. The van der Waals surface area contributed by atoms with Gasteiger partial charge in [-0.05, 0) is 60.4 Å². The molecule has 2 aromatic heterocycles. The van der Waals surface area contributed by atoms with Crippen LogP contribution in [0.5, 0.6) is 0 Å². The number of benzene rings is 1. The van der Waals surface area contributed by atoms with Crippen LogP contribution in [-0.2, 0) is 11.3 Å². The Labute approximate surface area is 212 Å². The van der Waals surface area contributed by atoms with E-state index in [-0.39, 0.29) is 5.91 Å². The van der Waals surface area contributed by atoms with Crippen molar-refractivity contribution in [2.45, 2.75) is 25.9 Å². The number of aromatic nitrogens is 2. The smallest absolute Gasteiger partial charge is 0.286 e. The van der Waals surface area contributed by atoms with Gasteiger partial charge in [-0.25, -0.2) is 9.69 Å². The van der Waals surface area contributed by atoms with E-state index in [0.29, 0.717) is 46.5 Å². The number of amides is 1. The van der Waals surface area contributed by atoms with Crippen LogP contribution in [0.4, 0.5) is 0 Å². The zero-order valence-electron chi connectivity index (χ0n) is 18.5. The Morgan fingerprint density at radius 2 is 2.00 bits per heavy atom. The number of hydrazine groups is 1. The van der Waals surface area contributed by atoms with Gasteiger partial charge in [0.05, 0.1) is 29.6 Å². The minimum atomic E-state index is -0.207. The molecule has 9 heteroatoms. The Bertz CT molecular complexity index is 1260. The van der Waals surface area contributed by atoms with Crippen molar-refractivity contribution in [2.24, 2.45) is 11.8 Å². The molecule has 1 aliphatic carbocycles. The van der Waals surface area contributed by atoms with Crippen LogP contribution in [-0.4, -0.2) is 40.4 Å². The van der Waals surface area contributed by atoms with Crippen LogP contribution in [0.15, 0.2) is 35.7 Å². The van der Waals surface area contributed by atoms with E-state index in [9.17, 15) is 4.79 Å². The lowest BCUT2D eigenvalue weighted by Gasteiger charge is -2.20. The van der Waals surface area contributed by atoms with Gasteiger partial charge in [0.1, 0.15) is 0 Å². The van der Waals surface area contributed by atoms with Crippen molar-refractivity contribution < 1.29 is 9.53 Å². The van der Waals surface area contributed by atoms with E-state index < -0.39 is 0 Å². The topological polar surface area (TPSA) is 59.4 Å². The zero-order chi connectivity index (χ0) is 23.2. The normalized spacial score (nSPS) is 23.3. The fraction of sp³-hybridized carbons (Fsp3) is 0.360. The second-order valence-electron chi connectivity index (χ2n) is 9.16. The van der Waals surface area contributed by atoms with E-state index >= 15 is 0 Å². The van der Waals surface area contributed by atoms with Gasteiger partial charge in [-0.15, -0.1) is 11.3 Å². The summed E-state index contributed by atoms with van der Waals surface area (Å²) < 4.78 is 7.68. The molecule has 1 aromatic carbocycles. The summed E-state index contributed by atoms with van der Waals surface area (Å²) in [5.74, 6) is 1.16. The highest BCUT2D eigenvalue weighted by Gasteiger charge is 2.38. The molecule has 3 aliphatic rings. The van der Waals surface area contributed by atoms with E-state index in [1.165, 1.54) is 19.3 Å². The molecule has 2 unspecified atom stereocenters. The average molecular weight is 515 g/mol. The molecule has 3 aromatic rings. The number of ether oxygens (including phenoxy) is 1. The van der Waals surface area contributed by atoms with Gasteiger partial charge in [0.15, 0.2) is 5.69 Å². The van der Waals surface area contributed by atoms with Crippen LogP contribution in [0, 0.1) is 11.8 Å². The molecule has 2 fully saturated rings. The third-order valence-electron chi connectivity index (χ3n) is 6.99. The van der Waals surface area contributed by atoms with Gasteiger partial charge in [-0.1, -0.05) is 35.7 Å². The van der Waals surface area contributed by atoms with Gasteiger partial charge in [-0.2, -0.15) is 5.10 Å². The van der Waals surface area contributed by atoms with Crippen LogP contribution in [0.25, 0.3) is 17.3 Å². The molecule has 0 bridgehead atoms. The van der Waals surface area contributed by atoms with E-state index in [1.54, 1.807) is 28.2 Å². The molecular weight excluding hydrogens is 491 g/mol. The summed E-state index contributed by atoms with van der Waals surface area (Å²) in [6.45, 7) is 2.55. The van der Waals surface area contributed by atoms with E-state index in [4.69, 9.17) is 33.0 Å². The van der Waals surface area contributed by atoms with Crippen molar-refractivity contribution in [3.8, 4) is 5.69 Å². The number of nitrogens with zero attached hydrogens (tertiary/aromatic N) is 3. The molecule has 1 saturated heterocycles. The number of hydrogen-bond acceptors (Lipinski definition) is 5. The maximum absolute atomic E-state index is 13.4. The van der Waals surface area contributed by atoms with Crippen molar-refractivity contribution in [2.75, 3.05) is 19.7 Å². The molecule has 176 valence electrons. The van der Waals surface area contributed by atoms with Crippen LogP contribution in [0.3, 0.4) is 0 Å². The molecule has 4 heterocycles. The SMILES string of the molecule is O=C(NN1CC2CCCC2C1)c1nn(-c2ccc(Cl)cc2Cl)c2c1COCC2=Cc1cccs1. The fourth-order valence-electron chi connectivity index (χ4n) is 5.44. The van der Waals surface area contributed by atoms with E-state index in [1.807, 2.05) is 17.5 Å². The largest absolute Gasteiger partial charge is 0.372 e. The number of hydrogen-bond donors (Lipinski definition) is 1. The predicted molar refractivity (Wildman–Crippen MR) is 135 cm³/mol. The van der Waals surface area contributed by atoms with Gasteiger partial charge < -0.3 is 4.74 Å². The van der Waals surface area contributed by atoms with Crippen molar-refractivity contribution >= 4 is 52.1 Å². The first-order valence-corrected chi connectivity index (χ1v) is 13.2. The number of fused-ring (bicyclic) bond motifs is 2. The Balaban J connectivity index is 1.41. The third kappa shape index (κ3) is 4.10. The summed E-state index contributed by atoms with van der Waals surface area (Å²) in [4.78, 5) is 14.6. The van der Waals surface area contributed by atoms with Gasteiger partial charge in [0.25, 0.3) is 5.91 Å². The minimum Gasteiger partial charge on any atom is -0.372 e. The second kappa shape index (κ2) is 9.13. The summed E-state index contributed by atoms with van der Waals surface area (Å²) in [5, 5.41) is 9.89. The Morgan fingerprint density at radius 1 is 1.18 bits per heavy atom. The van der Waals surface area contributed by atoms with E-state index in [0.717, 1.165) is 34.8 Å². The van der Waals surface area contributed by atoms with Crippen LogP contribution >= 0.6 is 34.5 Å². The number of thiophene rings is 1. The van der Waals surface area contributed by atoms with Crippen LogP contribution in [0.2, 0.25) is 10.0 Å². The summed E-state index contributed by atoms with van der Waals surface area (Å²) >= 11 is 14.4.